The number of halogens is 2. The Morgan fingerprint density at radius 2 is 1.30 bits per heavy atom. The van der Waals surface area contributed by atoms with E-state index in [0.29, 0.717) is 0 Å². The minimum atomic E-state index is 0. The summed E-state index contributed by atoms with van der Waals surface area (Å²) in [6.45, 7) is 1.96. The van der Waals surface area contributed by atoms with Crippen LogP contribution in [0.3, 0.4) is 0 Å². The summed E-state index contributed by atoms with van der Waals surface area (Å²) in [5.74, 6) is 0. The van der Waals surface area contributed by atoms with E-state index in [1.54, 1.807) is 0 Å². The predicted octanol–water partition coefficient (Wildman–Crippen LogP) is 4.80. The van der Waals surface area contributed by atoms with E-state index in [9.17, 15) is 0 Å². The van der Waals surface area contributed by atoms with E-state index in [4.69, 9.17) is 0 Å². The lowest BCUT2D eigenvalue weighted by molar-refractivity contribution is 0.399. The first-order valence-corrected chi connectivity index (χ1v) is 8.00. The summed E-state index contributed by atoms with van der Waals surface area (Å²) in [5.41, 5.74) is 2.73. The zero-order valence-electron chi connectivity index (χ0n) is 14.2. The monoisotopic (exact) mass is 372 g/mol. The Bertz CT molecular complexity index is 571. The van der Waals surface area contributed by atoms with E-state index in [1.807, 2.05) is 11.8 Å². The maximum atomic E-state index is 2.22. The molecule has 0 amide bonds. The van der Waals surface area contributed by atoms with Crippen molar-refractivity contribution in [3.05, 3.63) is 59.7 Å². The van der Waals surface area contributed by atoms with Gasteiger partial charge in [0, 0.05) is 22.9 Å². The van der Waals surface area contributed by atoms with Crippen molar-refractivity contribution in [2.24, 2.45) is 0 Å². The summed E-state index contributed by atoms with van der Waals surface area (Å²) in [5, 5.41) is 0. The first-order valence-electron chi connectivity index (χ1n) is 7.19. The van der Waals surface area contributed by atoms with Crippen LogP contribution in [0.25, 0.3) is 0 Å². The molecule has 2 rings (SSSR count). The summed E-state index contributed by atoms with van der Waals surface area (Å²) in [7, 11) is 8.41. The highest BCUT2D eigenvalue weighted by molar-refractivity contribution is 7.99. The molecule has 0 fully saturated rings. The van der Waals surface area contributed by atoms with Crippen molar-refractivity contribution in [3.63, 3.8) is 0 Å². The van der Waals surface area contributed by atoms with Crippen LogP contribution in [0.5, 0.6) is 0 Å². The molecule has 0 saturated heterocycles. The van der Waals surface area contributed by atoms with Gasteiger partial charge in [-0.05, 0) is 57.5 Å². The van der Waals surface area contributed by atoms with Crippen LogP contribution in [0, 0.1) is 0 Å². The lowest BCUT2D eigenvalue weighted by Gasteiger charge is -2.14. The van der Waals surface area contributed by atoms with Gasteiger partial charge in [0.1, 0.15) is 0 Å². The van der Waals surface area contributed by atoms with Crippen LogP contribution in [-0.2, 0) is 13.1 Å². The van der Waals surface area contributed by atoms with Crippen molar-refractivity contribution in [1.29, 1.82) is 0 Å². The molecule has 0 unspecified atom stereocenters. The number of hydrogen-bond donors (Lipinski definition) is 0. The quantitative estimate of drug-likeness (QED) is 0.718. The van der Waals surface area contributed by atoms with Crippen molar-refractivity contribution in [2.75, 3.05) is 28.2 Å². The van der Waals surface area contributed by atoms with Gasteiger partial charge in [-0.15, -0.1) is 24.8 Å². The van der Waals surface area contributed by atoms with Crippen LogP contribution >= 0.6 is 36.6 Å². The molecule has 0 heterocycles. The standard InChI is InChI=1S/C18H24N2S.2ClH/c1-19(2)13-15-9-11-17(12-10-15)21-18-8-6-5-7-16(18)14-20(3)4;;/h5-12H,13-14H2,1-4H3;2*1H. The van der Waals surface area contributed by atoms with E-state index < -0.39 is 0 Å². The van der Waals surface area contributed by atoms with Gasteiger partial charge in [-0.25, -0.2) is 0 Å². The second-order valence-corrected chi connectivity index (χ2v) is 6.94. The van der Waals surface area contributed by atoms with Gasteiger partial charge in [0.15, 0.2) is 0 Å². The fraction of sp³-hybridized carbons (Fsp3) is 0.333. The molecule has 0 aliphatic heterocycles. The Kier molecular flexibility index (Phi) is 10.6. The van der Waals surface area contributed by atoms with Gasteiger partial charge >= 0.3 is 0 Å². The molecule has 0 spiro atoms. The molecule has 0 aliphatic rings. The van der Waals surface area contributed by atoms with Crippen LogP contribution in [-0.4, -0.2) is 38.0 Å². The van der Waals surface area contributed by atoms with Crippen LogP contribution < -0.4 is 0 Å². The SMILES string of the molecule is CN(C)Cc1ccc(Sc2ccccc2CN(C)C)cc1.Cl.Cl. The molecule has 0 aliphatic carbocycles. The van der Waals surface area contributed by atoms with Crippen LogP contribution in [0.1, 0.15) is 11.1 Å². The lowest BCUT2D eigenvalue weighted by atomic mass is 10.2. The maximum absolute atomic E-state index is 2.22. The molecule has 5 heteroatoms. The highest BCUT2D eigenvalue weighted by Gasteiger charge is 2.05. The first-order chi connectivity index (χ1) is 10.0. The molecule has 0 radical (unpaired) electrons. The smallest absolute Gasteiger partial charge is 0.0238 e. The van der Waals surface area contributed by atoms with Gasteiger partial charge in [-0.2, -0.15) is 0 Å². The summed E-state index contributed by atoms with van der Waals surface area (Å²) in [6.07, 6.45) is 0. The Morgan fingerprint density at radius 3 is 1.87 bits per heavy atom. The van der Waals surface area contributed by atoms with Crippen molar-refractivity contribution in [2.45, 2.75) is 22.9 Å². The summed E-state index contributed by atoms with van der Waals surface area (Å²) in [4.78, 5) is 7.03. The minimum absolute atomic E-state index is 0. The number of rotatable bonds is 6. The Morgan fingerprint density at radius 1 is 0.739 bits per heavy atom. The van der Waals surface area contributed by atoms with E-state index in [-0.39, 0.29) is 24.8 Å². The Hall–Kier alpha value is -0.710. The van der Waals surface area contributed by atoms with Gasteiger partial charge in [0.2, 0.25) is 0 Å². The molecule has 2 aromatic rings. The van der Waals surface area contributed by atoms with Crippen molar-refractivity contribution >= 4 is 36.6 Å². The summed E-state index contributed by atoms with van der Waals surface area (Å²) < 4.78 is 0. The number of nitrogens with zero attached hydrogens (tertiary/aromatic N) is 2. The molecule has 0 aromatic heterocycles. The maximum Gasteiger partial charge on any atom is 0.0238 e. The van der Waals surface area contributed by atoms with Crippen molar-refractivity contribution < 1.29 is 0 Å². The topological polar surface area (TPSA) is 6.48 Å². The molecule has 23 heavy (non-hydrogen) atoms. The second kappa shape index (κ2) is 11.0. The molecule has 128 valence electrons. The Labute approximate surface area is 157 Å². The second-order valence-electron chi connectivity index (χ2n) is 5.83. The third-order valence-corrected chi connectivity index (χ3v) is 4.24. The zero-order valence-corrected chi connectivity index (χ0v) is 16.6. The molecular weight excluding hydrogens is 347 g/mol. The highest BCUT2D eigenvalue weighted by Crippen LogP contribution is 2.31. The molecular formula is C18H26Cl2N2S. The number of hydrogen-bond acceptors (Lipinski definition) is 3. The van der Waals surface area contributed by atoms with Crippen molar-refractivity contribution in [3.8, 4) is 0 Å². The highest BCUT2D eigenvalue weighted by atomic mass is 35.5. The van der Waals surface area contributed by atoms with Gasteiger partial charge in [0.25, 0.3) is 0 Å². The Balaban J connectivity index is 0.00000242. The normalized spacial score (nSPS) is 10.3. The van der Waals surface area contributed by atoms with Crippen LogP contribution in [0.4, 0.5) is 0 Å². The molecule has 2 nitrogen and oxygen atoms in total. The largest absolute Gasteiger partial charge is 0.305 e. The van der Waals surface area contributed by atoms with E-state index in [1.165, 1.54) is 20.9 Å². The van der Waals surface area contributed by atoms with E-state index in [2.05, 4.69) is 86.5 Å². The van der Waals surface area contributed by atoms with Crippen LogP contribution in [0.15, 0.2) is 58.3 Å². The zero-order chi connectivity index (χ0) is 15.2. The lowest BCUT2D eigenvalue weighted by Crippen LogP contribution is -2.11. The number of benzene rings is 2. The molecule has 0 bridgehead atoms. The van der Waals surface area contributed by atoms with Gasteiger partial charge in [-0.1, -0.05) is 42.1 Å². The van der Waals surface area contributed by atoms with E-state index >= 15 is 0 Å². The fourth-order valence-electron chi connectivity index (χ4n) is 2.23. The minimum Gasteiger partial charge on any atom is -0.305 e. The first kappa shape index (κ1) is 22.3. The molecule has 0 N–H and O–H groups in total. The predicted molar refractivity (Wildman–Crippen MR) is 106 cm³/mol. The molecule has 0 atom stereocenters. The molecule has 0 saturated carbocycles. The van der Waals surface area contributed by atoms with Gasteiger partial charge in [0.05, 0.1) is 0 Å². The third kappa shape index (κ3) is 7.60. The van der Waals surface area contributed by atoms with Crippen LogP contribution in [0.2, 0.25) is 0 Å². The summed E-state index contributed by atoms with van der Waals surface area (Å²) >= 11 is 1.84. The van der Waals surface area contributed by atoms with Gasteiger partial charge < -0.3 is 9.80 Å². The van der Waals surface area contributed by atoms with E-state index in [0.717, 1.165) is 13.1 Å². The van der Waals surface area contributed by atoms with Crippen molar-refractivity contribution in [1.82, 2.24) is 9.80 Å². The average Bonchev–Trinajstić information content (AvgIpc) is 2.42. The molecule has 2 aromatic carbocycles. The van der Waals surface area contributed by atoms with Gasteiger partial charge in [-0.3, -0.25) is 0 Å². The summed E-state index contributed by atoms with van der Waals surface area (Å²) in [6, 6.07) is 17.5. The third-order valence-electron chi connectivity index (χ3n) is 3.11. The average molecular weight is 373 g/mol. The fourth-order valence-corrected chi connectivity index (χ4v) is 3.17.